The van der Waals surface area contributed by atoms with Gasteiger partial charge in [-0.15, -0.1) is 0 Å². The Balaban J connectivity index is 2.56. The van der Waals surface area contributed by atoms with Gasteiger partial charge in [0, 0.05) is 6.54 Å². The quantitative estimate of drug-likeness (QED) is 0.638. The zero-order chi connectivity index (χ0) is 12.2. The van der Waals surface area contributed by atoms with Crippen molar-refractivity contribution in [1.82, 2.24) is 4.90 Å². The first-order valence-corrected chi connectivity index (χ1v) is 5.30. The van der Waals surface area contributed by atoms with E-state index in [0.717, 1.165) is 0 Å². The Morgan fingerprint density at radius 3 is 2.75 bits per heavy atom. The lowest BCUT2D eigenvalue weighted by Gasteiger charge is -2.26. The summed E-state index contributed by atoms with van der Waals surface area (Å²) in [5.41, 5.74) is -0.533. The molecular weight excluding hydrogens is 212 g/mol. The SMILES string of the molecule is CC(C)(C)OC(=O)N1CCOCC(N=O)C1. The van der Waals surface area contributed by atoms with Crippen LogP contribution < -0.4 is 0 Å². The van der Waals surface area contributed by atoms with Gasteiger partial charge in [-0.05, 0) is 20.8 Å². The van der Waals surface area contributed by atoms with E-state index in [9.17, 15) is 9.70 Å². The molecule has 1 aliphatic heterocycles. The number of ether oxygens (including phenoxy) is 2. The largest absolute Gasteiger partial charge is 0.444 e. The number of nitrogens with zero attached hydrogens (tertiary/aromatic N) is 2. The third-order valence-corrected chi connectivity index (χ3v) is 2.05. The molecule has 6 heteroatoms. The maximum absolute atomic E-state index is 11.7. The molecule has 0 aromatic carbocycles. The fourth-order valence-electron chi connectivity index (χ4n) is 1.35. The van der Waals surface area contributed by atoms with Crippen molar-refractivity contribution < 1.29 is 14.3 Å². The van der Waals surface area contributed by atoms with Crippen LogP contribution in [-0.4, -0.2) is 48.9 Å². The molecule has 0 saturated carbocycles. The second-order valence-electron chi connectivity index (χ2n) is 4.76. The van der Waals surface area contributed by atoms with Gasteiger partial charge in [0.25, 0.3) is 0 Å². The van der Waals surface area contributed by atoms with Crippen molar-refractivity contribution in [3.63, 3.8) is 0 Å². The number of nitroso groups, excluding NO2 is 1. The minimum Gasteiger partial charge on any atom is -0.444 e. The highest BCUT2D eigenvalue weighted by Gasteiger charge is 2.26. The summed E-state index contributed by atoms with van der Waals surface area (Å²) >= 11 is 0. The van der Waals surface area contributed by atoms with E-state index in [0.29, 0.717) is 13.2 Å². The number of carbonyl (C=O) groups excluding carboxylic acids is 1. The topological polar surface area (TPSA) is 68.2 Å². The molecule has 92 valence electrons. The van der Waals surface area contributed by atoms with Crippen LogP contribution in [0.25, 0.3) is 0 Å². The third kappa shape index (κ3) is 4.14. The van der Waals surface area contributed by atoms with Crippen LogP contribution in [0.1, 0.15) is 20.8 Å². The maximum Gasteiger partial charge on any atom is 0.410 e. The van der Waals surface area contributed by atoms with Crippen molar-refractivity contribution in [2.45, 2.75) is 32.4 Å². The average Bonchev–Trinajstić information content (AvgIpc) is 2.39. The standard InChI is InChI=1S/C10H18N2O4/c1-10(2,3)16-9(13)12-4-5-15-7-8(6-12)11-14/h8H,4-7H2,1-3H3. The highest BCUT2D eigenvalue weighted by Crippen LogP contribution is 2.12. The van der Waals surface area contributed by atoms with Crippen LogP contribution in [0.3, 0.4) is 0 Å². The summed E-state index contributed by atoms with van der Waals surface area (Å²) in [5.74, 6) is 0. The van der Waals surface area contributed by atoms with Gasteiger partial charge in [0.2, 0.25) is 0 Å². The molecule has 1 amide bonds. The number of rotatable bonds is 1. The minimum atomic E-state index is -0.533. The van der Waals surface area contributed by atoms with E-state index >= 15 is 0 Å². The van der Waals surface area contributed by atoms with Crippen LogP contribution in [0.5, 0.6) is 0 Å². The Hall–Kier alpha value is -1.17. The fraction of sp³-hybridized carbons (Fsp3) is 0.900. The molecule has 1 rings (SSSR count). The van der Waals surface area contributed by atoms with Crippen molar-refractivity contribution in [3.8, 4) is 0 Å². The zero-order valence-corrected chi connectivity index (χ0v) is 9.93. The van der Waals surface area contributed by atoms with Crippen molar-refractivity contribution >= 4 is 6.09 Å². The van der Waals surface area contributed by atoms with Gasteiger partial charge in [-0.1, -0.05) is 5.18 Å². The lowest BCUT2D eigenvalue weighted by molar-refractivity contribution is 0.0241. The van der Waals surface area contributed by atoms with E-state index in [2.05, 4.69) is 5.18 Å². The molecule has 1 aliphatic rings. The fourth-order valence-corrected chi connectivity index (χ4v) is 1.35. The summed E-state index contributed by atoms with van der Waals surface area (Å²) in [6.07, 6.45) is -0.424. The van der Waals surface area contributed by atoms with Gasteiger partial charge in [0.1, 0.15) is 11.6 Å². The Labute approximate surface area is 94.9 Å². The summed E-state index contributed by atoms with van der Waals surface area (Å²) in [5, 5.41) is 2.91. The second-order valence-corrected chi connectivity index (χ2v) is 4.76. The van der Waals surface area contributed by atoms with E-state index in [-0.39, 0.29) is 13.2 Å². The monoisotopic (exact) mass is 230 g/mol. The molecule has 0 aromatic heterocycles. The highest BCUT2D eigenvalue weighted by molar-refractivity contribution is 5.68. The predicted octanol–water partition coefficient (Wildman–Crippen LogP) is 1.39. The van der Waals surface area contributed by atoms with Crippen LogP contribution in [0.4, 0.5) is 4.79 Å². The average molecular weight is 230 g/mol. The lowest BCUT2D eigenvalue weighted by atomic mass is 10.2. The second kappa shape index (κ2) is 5.25. The van der Waals surface area contributed by atoms with Crippen LogP contribution in [0.2, 0.25) is 0 Å². The zero-order valence-electron chi connectivity index (χ0n) is 9.93. The molecular formula is C10H18N2O4. The van der Waals surface area contributed by atoms with Gasteiger partial charge in [-0.25, -0.2) is 4.79 Å². The van der Waals surface area contributed by atoms with Gasteiger partial charge < -0.3 is 14.4 Å². The number of hydrogen-bond acceptors (Lipinski definition) is 5. The van der Waals surface area contributed by atoms with E-state index in [1.165, 1.54) is 4.90 Å². The van der Waals surface area contributed by atoms with Crippen LogP contribution in [0, 0.1) is 4.91 Å². The van der Waals surface area contributed by atoms with Gasteiger partial charge in [-0.3, -0.25) is 0 Å². The van der Waals surface area contributed by atoms with Crippen molar-refractivity contribution in [2.24, 2.45) is 5.18 Å². The predicted molar refractivity (Wildman–Crippen MR) is 58.2 cm³/mol. The first-order chi connectivity index (χ1) is 7.42. The summed E-state index contributed by atoms with van der Waals surface area (Å²) < 4.78 is 10.4. The third-order valence-electron chi connectivity index (χ3n) is 2.05. The molecule has 0 N–H and O–H groups in total. The highest BCUT2D eigenvalue weighted by atomic mass is 16.6. The Morgan fingerprint density at radius 2 is 2.19 bits per heavy atom. The molecule has 0 bridgehead atoms. The number of hydrogen-bond donors (Lipinski definition) is 0. The van der Waals surface area contributed by atoms with Crippen molar-refractivity contribution in [1.29, 1.82) is 0 Å². The molecule has 1 atom stereocenters. The first-order valence-electron chi connectivity index (χ1n) is 5.30. The number of carbonyl (C=O) groups is 1. The van der Waals surface area contributed by atoms with Crippen molar-refractivity contribution in [3.05, 3.63) is 4.91 Å². The lowest BCUT2D eigenvalue weighted by Crippen LogP contribution is -2.40. The number of amides is 1. The molecule has 6 nitrogen and oxygen atoms in total. The Bertz CT molecular complexity index is 262. The molecule has 1 fully saturated rings. The van der Waals surface area contributed by atoms with Crippen LogP contribution in [-0.2, 0) is 9.47 Å². The smallest absolute Gasteiger partial charge is 0.410 e. The van der Waals surface area contributed by atoms with Crippen LogP contribution >= 0.6 is 0 Å². The summed E-state index contributed by atoms with van der Waals surface area (Å²) in [6, 6.07) is -0.505. The summed E-state index contributed by atoms with van der Waals surface area (Å²) in [4.78, 5) is 23.7. The first kappa shape index (κ1) is 12.9. The Kier molecular flexibility index (Phi) is 4.23. The van der Waals surface area contributed by atoms with E-state index in [1.54, 1.807) is 20.8 Å². The molecule has 1 saturated heterocycles. The van der Waals surface area contributed by atoms with E-state index < -0.39 is 17.7 Å². The molecule has 0 spiro atoms. The molecule has 1 unspecified atom stereocenters. The van der Waals surface area contributed by atoms with Gasteiger partial charge in [0.15, 0.2) is 0 Å². The molecule has 0 aromatic rings. The van der Waals surface area contributed by atoms with Gasteiger partial charge >= 0.3 is 6.09 Å². The molecule has 0 aliphatic carbocycles. The summed E-state index contributed by atoms with van der Waals surface area (Å²) in [7, 11) is 0. The normalized spacial score (nSPS) is 22.4. The van der Waals surface area contributed by atoms with Gasteiger partial charge in [-0.2, -0.15) is 4.91 Å². The molecule has 0 radical (unpaired) electrons. The Morgan fingerprint density at radius 1 is 1.50 bits per heavy atom. The van der Waals surface area contributed by atoms with Crippen molar-refractivity contribution in [2.75, 3.05) is 26.3 Å². The minimum absolute atomic E-state index is 0.262. The summed E-state index contributed by atoms with van der Waals surface area (Å²) in [6.45, 7) is 6.77. The van der Waals surface area contributed by atoms with E-state index in [1.807, 2.05) is 0 Å². The van der Waals surface area contributed by atoms with E-state index in [4.69, 9.17) is 9.47 Å². The molecule has 1 heterocycles. The van der Waals surface area contributed by atoms with Crippen LogP contribution in [0.15, 0.2) is 5.18 Å². The maximum atomic E-state index is 11.7. The molecule has 16 heavy (non-hydrogen) atoms. The van der Waals surface area contributed by atoms with Gasteiger partial charge in [0.05, 0.1) is 19.8 Å².